The Labute approximate surface area is 99.6 Å². The minimum atomic E-state index is -0.515. The quantitative estimate of drug-likeness (QED) is 0.760. The molecule has 0 saturated heterocycles. The number of hydrogen-bond acceptors (Lipinski definition) is 2. The van der Waals surface area contributed by atoms with Crippen molar-refractivity contribution >= 4 is 5.91 Å². The van der Waals surface area contributed by atoms with E-state index in [1.165, 1.54) is 0 Å². The van der Waals surface area contributed by atoms with Gasteiger partial charge in [-0.25, -0.2) is 0 Å². The lowest BCUT2D eigenvalue weighted by molar-refractivity contribution is -0.124. The van der Waals surface area contributed by atoms with Crippen molar-refractivity contribution < 1.29 is 9.90 Å². The molecule has 96 valence electrons. The van der Waals surface area contributed by atoms with E-state index < -0.39 is 5.54 Å². The van der Waals surface area contributed by atoms with Crippen LogP contribution >= 0.6 is 0 Å². The molecule has 1 amide bonds. The third kappa shape index (κ3) is 7.69. The van der Waals surface area contributed by atoms with Gasteiger partial charge in [-0.2, -0.15) is 0 Å². The molecule has 0 aliphatic heterocycles. The molecule has 0 bridgehead atoms. The van der Waals surface area contributed by atoms with Gasteiger partial charge in [0.05, 0.1) is 12.1 Å². The van der Waals surface area contributed by atoms with Crippen molar-refractivity contribution in [1.82, 2.24) is 5.32 Å². The van der Waals surface area contributed by atoms with Crippen LogP contribution in [-0.2, 0) is 4.79 Å². The Morgan fingerprint density at radius 3 is 2.12 bits per heavy atom. The molecule has 1 atom stereocenters. The van der Waals surface area contributed by atoms with Crippen LogP contribution in [0.2, 0.25) is 0 Å². The van der Waals surface area contributed by atoms with Crippen LogP contribution in [0.25, 0.3) is 0 Å². The molecule has 3 nitrogen and oxygen atoms in total. The van der Waals surface area contributed by atoms with Gasteiger partial charge in [-0.3, -0.25) is 4.79 Å². The summed E-state index contributed by atoms with van der Waals surface area (Å²) >= 11 is 0. The van der Waals surface area contributed by atoms with Crippen LogP contribution in [0.1, 0.15) is 54.4 Å². The molecule has 0 fully saturated rings. The highest BCUT2D eigenvalue weighted by atomic mass is 16.3. The monoisotopic (exact) mass is 229 g/mol. The summed E-state index contributed by atoms with van der Waals surface area (Å²) in [6.07, 6.45) is 1.56. The van der Waals surface area contributed by atoms with Gasteiger partial charge >= 0.3 is 0 Å². The minimum Gasteiger partial charge on any atom is -0.394 e. The Hall–Kier alpha value is -0.570. The van der Waals surface area contributed by atoms with Crippen LogP contribution in [0, 0.1) is 11.3 Å². The maximum Gasteiger partial charge on any atom is 0.220 e. The van der Waals surface area contributed by atoms with Crippen LogP contribution in [0.15, 0.2) is 0 Å². The third-order valence-corrected chi connectivity index (χ3v) is 2.37. The fourth-order valence-electron chi connectivity index (χ4n) is 1.90. The number of carbonyl (C=O) groups is 1. The van der Waals surface area contributed by atoms with Gasteiger partial charge in [0.25, 0.3) is 0 Å². The smallest absolute Gasteiger partial charge is 0.220 e. The molecule has 1 unspecified atom stereocenters. The summed E-state index contributed by atoms with van der Waals surface area (Å²) in [5.41, 5.74) is -0.259. The molecule has 0 spiro atoms. The molecule has 0 heterocycles. The molecule has 3 heteroatoms. The van der Waals surface area contributed by atoms with E-state index in [4.69, 9.17) is 5.11 Å². The predicted molar refractivity (Wildman–Crippen MR) is 67.2 cm³/mol. The Morgan fingerprint density at radius 1 is 1.25 bits per heavy atom. The highest BCUT2D eigenvalue weighted by Gasteiger charge is 2.22. The number of rotatable bonds is 5. The number of aliphatic hydroxyl groups is 1. The van der Waals surface area contributed by atoms with E-state index in [2.05, 4.69) is 33.0 Å². The van der Waals surface area contributed by atoms with Gasteiger partial charge in [0.2, 0.25) is 5.91 Å². The van der Waals surface area contributed by atoms with E-state index >= 15 is 0 Å². The maximum absolute atomic E-state index is 11.7. The summed E-state index contributed by atoms with van der Waals surface area (Å²) in [4.78, 5) is 11.7. The summed E-state index contributed by atoms with van der Waals surface area (Å²) in [6, 6.07) is 0. The highest BCUT2D eigenvalue weighted by Crippen LogP contribution is 2.25. The summed E-state index contributed by atoms with van der Waals surface area (Å²) in [7, 11) is 0. The van der Waals surface area contributed by atoms with Gasteiger partial charge < -0.3 is 10.4 Å². The number of amides is 1. The molecule has 0 aliphatic rings. The lowest BCUT2D eigenvalue weighted by Gasteiger charge is -2.26. The average molecular weight is 229 g/mol. The molecule has 0 aliphatic carbocycles. The highest BCUT2D eigenvalue weighted by molar-refractivity contribution is 5.76. The topological polar surface area (TPSA) is 49.3 Å². The summed E-state index contributed by atoms with van der Waals surface area (Å²) < 4.78 is 0. The second-order valence-corrected chi connectivity index (χ2v) is 6.66. The van der Waals surface area contributed by atoms with Crippen LogP contribution in [0.5, 0.6) is 0 Å². The van der Waals surface area contributed by atoms with E-state index in [9.17, 15) is 4.79 Å². The number of carbonyl (C=O) groups excluding carboxylic acids is 1. The van der Waals surface area contributed by atoms with Crippen molar-refractivity contribution in [2.45, 2.75) is 59.9 Å². The maximum atomic E-state index is 11.7. The summed E-state index contributed by atoms with van der Waals surface area (Å²) in [5, 5.41) is 11.9. The molecule has 0 saturated carbocycles. The number of hydrogen-bond donors (Lipinski definition) is 2. The second-order valence-electron chi connectivity index (χ2n) is 6.66. The van der Waals surface area contributed by atoms with Crippen molar-refractivity contribution in [3.05, 3.63) is 0 Å². The van der Waals surface area contributed by atoms with E-state index in [0.717, 1.165) is 6.42 Å². The largest absolute Gasteiger partial charge is 0.394 e. The Kier molecular flexibility index (Phi) is 5.47. The lowest BCUT2D eigenvalue weighted by Crippen LogP contribution is -2.46. The van der Waals surface area contributed by atoms with Gasteiger partial charge in [-0.1, -0.05) is 27.7 Å². The Morgan fingerprint density at radius 2 is 1.75 bits per heavy atom. The SMILES string of the molecule is CC(CC(=O)NC(C)(C)CO)CC(C)(C)C. The van der Waals surface area contributed by atoms with Crippen molar-refractivity contribution in [1.29, 1.82) is 0 Å². The zero-order chi connectivity index (χ0) is 13.0. The van der Waals surface area contributed by atoms with E-state index in [1.807, 2.05) is 13.8 Å². The predicted octanol–water partition coefficient (Wildman–Crippen LogP) is 2.34. The van der Waals surface area contributed by atoms with Gasteiger partial charge in [0.1, 0.15) is 0 Å². The first-order chi connectivity index (χ1) is 7.06. The summed E-state index contributed by atoms with van der Waals surface area (Å²) in [6.45, 7) is 12.2. The summed E-state index contributed by atoms with van der Waals surface area (Å²) in [5.74, 6) is 0.394. The normalized spacial score (nSPS) is 14.7. The molecule has 0 aromatic heterocycles. The van der Waals surface area contributed by atoms with Crippen molar-refractivity contribution in [3.8, 4) is 0 Å². The van der Waals surface area contributed by atoms with Crippen LogP contribution in [-0.4, -0.2) is 23.2 Å². The second kappa shape index (κ2) is 5.67. The van der Waals surface area contributed by atoms with Crippen molar-refractivity contribution in [3.63, 3.8) is 0 Å². The number of nitrogens with one attached hydrogen (secondary N) is 1. The van der Waals surface area contributed by atoms with E-state index in [0.29, 0.717) is 12.3 Å². The zero-order valence-corrected chi connectivity index (χ0v) is 11.6. The molecule has 0 aromatic rings. The van der Waals surface area contributed by atoms with Gasteiger partial charge in [-0.05, 0) is 31.6 Å². The average Bonchev–Trinajstić information content (AvgIpc) is 1.98. The first kappa shape index (κ1) is 15.4. The van der Waals surface area contributed by atoms with Crippen molar-refractivity contribution in [2.75, 3.05) is 6.61 Å². The van der Waals surface area contributed by atoms with Gasteiger partial charge in [0.15, 0.2) is 0 Å². The van der Waals surface area contributed by atoms with Gasteiger partial charge in [-0.15, -0.1) is 0 Å². The first-order valence-corrected chi connectivity index (χ1v) is 5.97. The van der Waals surface area contributed by atoms with E-state index in [1.54, 1.807) is 0 Å². The molecule has 0 aromatic carbocycles. The standard InChI is InChI=1S/C13H27NO2/c1-10(8-12(2,3)4)7-11(16)14-13(5,6)9-15/h10,15H,7-9H2,1-6H3,(H,14,16). The van der Waals surface area contributed by atoms with Crippen LogP contribution < -0.4 is 5.32 Å². The fraction of sp³-hybridized carbons (Fsp3) is 0.923. The fourth-order valence-corrected chi connectivity index (χ4v) is 1.90. The number of aliphatic hydroxyl groups excluding tert-OH is 1. The zero-order valence-electron chi connectivity index (χ0n) is 11.6. The third-order valence-electron chi connectivity index (χ3n) is 2.37. The Bertz CT molecular complexity index is 229. The van der Waals surface area contributed by atoms with Crippen LogP contribution in [0.4, 0.5) is 0 Å². The van der Waals surface area contributed by atoms with Crippen LogP contribution in [0.3, 0.4) is 0 Å². The molecule has 2 N–H and O–H groups in total. The van der Waals surface area contributed by atoms with Gasteiger partial charge in [0, 0.05) is 6.42 Å². The molecule has 16 heavy (non-hydrogen) atoms. The Balaban J connectivity index is 4.06. The molecular weight excluding hydrogens is 202 g/mol. The molecular formula is C13H27NO2. The minimum absolute atomic E-state index is 0.0239. The first-order valence-electron chi connectivity index (χ1n) is 5.97. The molecule has 0 radical (unpaired) electrons. The molecule has 0 rings (SSSR count). The van der Waals surface area contributed by atoms with E-state index in [-0.39, 0.29) is 17.9 Å². The van der Waals surface area contributed by atoms with Crippen molar-refractivity contribution in [2.24, 2.45) is 11.3 Å². The lowest BCUT2D eigenvalue weighted by atomic mass is 9.84.